The summed E-state index contributed by atoms with van der Waals surface area (Å²) in [5.41, 5.74) is -0.195. The van der Waals surface area contributed by atoms with Gasteiger partial charge >= 0.3 is 5.97 Å². The third-order valence-corrected chi connectivity index (χ3v) is 3.75. The van der Waals surface area contributed by atoms with Crippen LogP contribution in [0, 0.1) is 0 Å². The Hall–Kier alpha value is -2.63. The second-order valence-corrected chi connectivity index (χ2v) is 5.00. The zero-order chi connectivity index (χ0) is 16.3. The summed E-state index contributed by atoms with van der Waals surface area (Å²) in [6.45, 7) is 3.76. The van der Waals surface area contributed by atoms with Crippen LogP contribution in [0.25, 0.3) is 0 Å². The molecule has 0 saturated carbocycles. The number of hydrogen-bond acceptors (Lipinski definition) is 4. The third-order valence-electron chi connectivity index (χ3n) is 3.75. The Morgan fingerprint density at radius 3 is 2.55 bits per heavy atom. The van der Waals surface area contributed by atoms with Gasteiger partial charge in [0.05, 0.1) is 5.69 Å². The van der Waals surface area contributed by atoms with Gasteiger partial charge in [-0.1, -0.05) is 13.8 Å². The molecule has 116 valence electrons. The average molecular weight is 303 g/mol. The number of benzene rings is 1. The molecule has 2 rings (SSSR count). The normalized spacial score (nSPS) is 15.8. The Morgan fingerprint density at radius 2 is 1.95 bits per heavy atom. The van der Waals surface area contributed by atoms with E-state index < -0.39 is 17.4 Å². The number of ketones is 1. The lowest BCUT2D eigenvalue weighted by molar-refractivity contribution is -0.133. The number of amides is 1. The molecule has 0 saturated heterocycles. The number of aliphatic carboxylic acids is 1. The number of rotatable bonds is 5. The van der Waals surface area contributed by atoms with Crippen LogP contribution in [0.5, 0.6) is 5.75 Å². The number of carboxylic acid groups (broad SMARTS) is 1. The zero-order valence-electron chi connectivity index (χ0n) is 12.4. The third kappa shape index (κ3) is 2.86. The minimum Gasteiger partial charge on any atom is -0.478 e. The molecule has 0 radical (unpaired) electrons. The van der Waals surface area contributed by atoms with E-state index in [2.05, 4.69) is 5.32 Å². The van der Waals surface area contributed by atoms with Crippen LogP contribution in [0.4, 0.5) is 5.69 Å². The highest BCUT2D eigenvalue weighted by atomic mass is 16.5. The molecule has 0 spiro atoms. The summed E-state index contributed by atoms with van der Waals surface area (Å²) in [5, 5.41) is 11.3. The highest BCUT2D eigenvalue weighted by Gasteiger charge is 2.41. The van der Waals surface area contributed by atoms with Gasteiger partial charge in [0, 0.05) is 11.6 Å². The van der Waals surface area contributed by atoms with E-state index in [9.17, 15) is 14.4 Å². The summed E-state index contributed by atoms with van der Waals surface area (Å²) in [5.74, 6) is -1.39. The van der Waals surface area contributed by atoms with E-state index in [1.165, 1.54) is 6.07 Å². The maximum atomic E-state index is 12.2. The minimum absolute atomic E-state index is 0.240. The second-order valence-electron chi connectivity index (χ2n) is 5.00. The van der Waals surface area contributed by atoms with Crippen molar-refractivity contribution in [2.45, 2.75) is 32.3 Å². The molecule has 2 N–H and O–H groups in total. The van der Waals surface area contributed by atoms with E-state index in [0.717, 1.165) is 12.2 Å². The molecule has 0 atom stereocenters. The Kier molecular flexibility index (Phi) is 4.30. The summed E-state index contributed by atoms with van der Waals surface area (Å²) in [6.07, 6.45) is 2.82. The predicted octanol–water partition coefficient (Wildman–Crippen LogP) is 2.40. The molecule has 22 heavy (non-hydrogen) atoms. The second kappa shape index (κ2) is 6.01. The summed E-state index contributed by atoms with van der Waals surface area (Å²) in [4.78, 5) is 34.5. The summed E-state index contributed by atoms with van der Waals surface area (Å²) >= 11 is 0. The number of ether oxygens (including phenoxy) is 1. The van der Waals surface area contributed by atoms with E-state index in [1.54, 1.807) is 12.1 Å². The Labute approximate surface area is 127 Å². The van der Waals surface area contributed by atoms with Crippen molar-refractivity contribution in [1.82, 2.24) is 0 Å². The minimum atomic E-state index is -1.20. The SMILES string of the molecule is CCC1(CC)Oc2ccc(C(=O)/C=C/C(=O)O)cc2NC1=O. The molecule has 1 heterocycles. The number of carbonyl (C=O) groups excluding carboxylic acids is 2. The lowest BCUT2D eigenvalue weighted by atomic mass is 9.93. The number of carbonyl (C=O) groups is 3. The van der Waals surface area contributed by atoms with Gasteiger partial charge < -0.3 is 15.2 Å². The Bertz CT molecular complexity index is 659. The van der Waals surface area contributed by atoms with Crippen molar-refractivity contribution in [2.75, 3.05) is 5.32 Å². The van der Waals surface area contributed by atoms with Crippen LogP contribution >= 0.6 is 0 Å². The first-order valence-electron chi connectivity index (χ1n) is 7.01. The first kappa shape index (κ1) is 15.8. The monoisotopic (exact) mass is 303 g/mol. The van der Waals surface area contributed by atoms with Crippen molar-refractivity contribution < 1.29 is 24.2 Å². The molecule has 1 aliphatic rings. The highest BCUT2D eigenvalue weighted by Crippen LogP contribution is 2.37. The van der Waals surface area contributed by atoms with Crippen LogP contribution in [0.3, 0.4) is 0 Å². The molecule has 6 heteroatoms. The number of hydrogen-bond donors (Lipinski definition) is 2. The van der Waals surface area contributed by atoms with Gasteiger partial charge in [0.15, 0.2) is 11.4 Å². The fourth-order valence-electron chi connectivity index (χ4n) is 2.32. The Morgan fingerprint density at radius 1 is 1.27 bits per heavy atom. The van der Waals surface area contributed by atoms with Gasteiger partial charge in [-0.25, -0.2) is 4.79 Å². The van der Waals surface area contributed by atoms with Crippen molar-refractivity contribution in [2.24, 2.45) is 0 Å². The van der Waals surface area contributed by atoms with E-state index in [-0.39, 0.29) is 11.5 Å². The zero-order valence-corrected chi connectivity index (χ0v) is 12.4. The molecule has 1 aliphatic heterocycles. The van der Waals surface area contributed by atoms with Crippen LogP contribution < -0.4 is 10.1 Å². The van der Waals surface area contributed by atoms with Crippen LogP contribution in [0.2, 0.25) is 0 Å². The van der Waals surface area contributed by atoms with Gasteiger partial charge in [0.1, 0.15) is 5.75 Å². The molecular formula is C16H17NO5. The van der Waals surface area contributed by atoms with E-state index in [4.69, 9.17) is 9.84 Å². The summed E-state index contributed by atoms with van der Waals surface area (Å²) < 4.78 is 5.83. The molecule has 0 bridgehead atoms. The fraction of sp³-hybridized carbons (Fsp3) is 0.312. The maximum Gasteiger partial charge on any atom is 0.328 e. The topological polar surface area (TPSA) is 92.7 Å². The van der Waals surface area contributed by atoms with Crippen LogP contribution in [-0.4, -0.2) is 28.4 Å². The number of fused-ring (bicyclic) bond motifs is 1. The maximum absolute atomic E-state index is 12.2. The first-order chi connectivity index (χ1) is 10.4. The van der Waals surface area contributed by atoms with E-state index in [0.29, 0.717) is 24.3 Å². The van der Waals surface area contributed by atoms with Gasteiger partial charge in [0.25, 0.3) is 5.91 Å². The molecule has 1 aromatic carbocycles. The highest BCUT2D eigenvalue weighted by molar-refractivity contribution is 6.08. The van der Waals surface area contributed by atoms with E-state index >= 15 is 0 Å². The van der Waals surface area contributed by atoms with Crippen molar-refractivity contribution in [3.05, 3.63) is 35.9 Å². The quantitative estimate of drug-likeness (QED) is 0.643. The fourth-order valence-corrected chi connectivity index (χ4v) is 2.32. The van der Waals surface area contributed by atoms with Crippen LogP contribution in [0.15, 0.2) is 30.4 Å². The molecular weight excluding hydrogens is 286 g/mol. The van der Waals surface area contributed by atoms with Crippen molar-refractivity contribution >= 4 is 23.3 Å². The lowest BCUT2D eigenvalue weighted by Gasteiger charge is -2.36. The van der Waals surface area contributed by atoms with Gasteiger partial charge in [-0.05, 0) is 37.1 Å². The van der Waals surface area contributed by atoms with Crippen molar-refractivity contribution in [3.63, 3.8) is 0 Å². The largest absolute Gasteiger partial charge is 0.478 e. The molecule has 0 fully saturated rings. The number of anilines is 1. The number of allylic oxidation sites excluding steroid dienone is 1. The first-order valence-corrected chi connectivity index (χ1v) is 7.01. The molecule has 6 nitrogen and oxygen atoms in total. The number of carboxylic acids is 1. The van der Waals surface area contributed by atoms with Crippen molar-refractivity contribution in [3.8, 4) is 5.75 Å². The van der Waals surface area contributed by atoms with Gasteiger partial charge in [-0.15, -0.1) is 0 Å². The molecule has 0 aromatic heterocycles. The van der Waals surface area contributed by atoms with Gasteiger partial charge in [-0.2, -0.15) is 0 Å². The lowest BCUT2D eigenvalue weighted by Crippen LogP contribution is -2.49. The molecule has 0 unspecified atom stereocenters. The van der Waals surface area contributed by atoms with Crippen LogP contribution in [0.1, 0.15) is 37.0 Å². The van der Waals surface area contributed by atoms with Gasteiger partial charge in [0.2, 0.25) is 0 Å². The average Bonchev–Trinajstić information content (AvgIpc) is 2.51. The number of nitrogens with one attached hydrogen (secondary N) is 1. The van der Waals surface area contributed by atoms with Gasteiger partial charge in [-0.3, -0.25) is 9.59 Å². The molecule has 1 aromatic rings. The molecule has 0 aliphatic carbocycles. The summed E-state index contributed by atoms with van der Waals surface area (Å²) in [7, 11) is 0. The van der Waals surface area contributed by atoms with Crippen molar-refractivity contribution in [1.29, 1.82) is 0 Å². The Balaban J connectivity index is 2.31. The summed E-state index contributed by atoms with van der Waals surface area (Å²) in [6, 6.07) is 4.63. The molecule has 1 amide bonds. The van der Waals surface area contributed by atoms with Crippen LogP contribution in [-0.2, 0) is 9.59 Å². The predicted molar refractivity (Wildman–Crippen MR) is 80.1 cm³/mol. The van der Waals surface area contributed by atoms with E-state index in [1.807, 2.05) is 13.8 Å². The smallest absolute Gasteiger partial charge is 0.328 e. The standard InChI is InChI=1S/C16H17NO5/c1-3-16(4-2)15(21)17-11-9-10(5-7-13(11)22-16)12(18)6-8-14(19)20/h5-9H,3-4H2,1-2H3,(H,17,21)(H,19,20)/b8-6+.